The van der Waals surface area contributed by atoms with Crippen molar-refractivity contribution >= 4 is 11.6 Å². The van der Waals surface area contributed by atoms with E-state index in [1.165, 1.54) is 6.26 Å². The third kappa shape index (κ3) is 2.51. The molecule has 4 aromatic heterocycles. The highest BCUT2D eigenvalue weighted by Crippen LogP contribution is 2.18. The van der Waals surface area contributed by atoms with E-state index >= 15 is 0 Å². The minimum Gasteiger partial charge on any atom is -0.459 e. The molecular weight excluding hydrogens is 312 g/mol. The highest BCUT2D eigenvalue weighted by molar-refractivity contribution is 5.91. The normalized spacial score (nSPS) is 11.0. The monoisotopic (exact) mass is 324 g/mol. The van der Waals surface area contributed by atoms with E-state index < -0.39 is 0 Å². The van der Waals surface area contributed by atoms with Crippen molar-refractivity contribution in [1.29, 1.82) is 0 Å². The van der Waals surface area contributed by atoms with Gasteiger partial charge in [0.05, 0.1) is 12.8 Å². The Morgan fingerprint density at radius 2 is 2.25 bits per heavy atom. The number of hydrogen-bond donors (Lipinski definition) is 1. The molecule has 0 spiro atoms. The van der Waals surface area contributed by atoms with E-state index in [1.807, 2.05) is 6.07 Å². The van der Waals surface area contributed by atoms with Crippen molar-refractivity contribution in [2.24, 2.45) is 0 Å². The van der Waals surface area contributed by atoms with E-state index in [9.17, 15) is 4.79 Å². The number of nitrogens with one attached hydrogen (secondary N) is 1. The number of amides is 1. The number of pyridine rings is 1. The van der Waals surface area contributed by atoms with Gasteiger partial charge in [-0.3, -0.25) is 9.20 Å². The lowest BCUT2D eigenvalue weighted by Gasteiger charge is -2.02. The molecule has 9 heteroatoms. The van der Waals surface area contributed by atoms with E-state index in [-0.39, 0.29) is 18.2 Å². The number of carbonyl (C=O) groups is 1. The standard InChI is InChI=1S/C15H12N6O3/c1-9-17-15(24-20-9)10-4-5-21-12(7-10)18-19-13(21)8-16-14(22)11-3-2-6-23-11/h2-7H,8H2,1H3,(H,16,22). The molecule has 0 bridgehead atoms. The van der Waals surface area contributed by atoms with Crippen LogP contribution in [0.4, 0.5) is 0 Å². The van der Waals surface area contributed by atoms with Crippen LogP contribution in [0.15, 0.2) is 45.7 Å². The van der Waals surface area contributed by atoms with Crippen LogP contribution in [-0.2, 0) is 6.54 Å². The second-order valence-corrected chi connectivity index (χ2v) is 5.07. The molecule has 0 aromatic carbocycles. The Bertz CT molecular complexity index is 1000. The van der Waals surface area contributed by atoms with Gasteiger partial charge < -0.3 is 14.3 Å². The van der Waals surface area contributed by atoms with Gasteiger partial charge in [-0.15, -0.1) is 10.2 Å². The number of rotatable bonds is 4. The van der Waals surface area contributed by atoms with Crippen LogP contribution in [0.25, 0.3) is 17.1 Å². The van der Waals surface area contributed by atoms with Crippen LogP contribution < -0.4 is 5.32 Å². The lowest BCUT2D eigenvalue weighted by atomic mass is 10.2. The molecule has 120 valence electrons. The molecule has 0 radical (unpaired) electrons. The first kappa shape index (κ1) is 14.1. The molecule has 0 fully saturated rings. The van der Waals surface area contributed by atoms with E-state index in [0.29, 0.717) is 23.2 Å². The molecule has 1 amide bonds. The summed E-state index contributed by atoms with van der Waals surface area (Å²) in [6.07, 6.45) is 3.24. The quantitative estimate of drug-likeness (QED) is 0.607. The van der Waals surface area contributed by atoms with Gasteiger partial charge in [0.25, 0.3) is 11.8 Å². The molecule has 0 saturated carbocycles. The Morgan fingerprint density at radius 1 is 1.33 bits per heavy atom. The zero-order valence-electron chi connectivity index (χ0n) is 12.6. The summed E-state index contributed by atoms with van der Waals surface area (Å²) in [7, 11) is 0. The second-order valence-electron chi connectivity index (χ2n) is 5.07. The largest absolute Gasteiger partial charge is 0.459 e. The van der Waals surface area contributed by atoms with Gasteiger partial charge >= 0.3 is 0 Å². The molecule has 0 unspecified atom stereocenters. The maximum atomic E-state index is 11.9. The topological polar surface area (TPSA) is 111 Å². The highest BCUT2D eigenvalue weighted by Gasteiger charge is 2.13. The Morgan fingerprint density at radius 3 is 3.00 bits per heavy atom. The fourth-order valence-corrected chi connectivity index (χ4v) is 2.26. The first-order valence-electron chi connectivity index (χ1n) is 7.17. The SMILES string of the molecule is Cc1noc(-c2ccn3c(CNC(=O)c4ccco4)nnc3c2)n1. The number of aromatic nitrogens is 5. The maximum absolute atomic E-state index is 11.9. The molecule has 1 N–H and O–H groups in total. The Hall–Kier alpha value is -3.49. The fraction of sp³-hybridized carbons (Fsp3) is 0.133. The van der Waals surface area contributed by atoms with Crippen molar-refractivity contribution in [2.45, 2.75) is 13.5 Å². The highest BCUT2D eigenvalue weighted by atomic mass is 16.5. The van der Waals surface area contributed by atoms with Crippen LogP contribution in [0.2, 0.25) is 0 Å². The Kier molecular flexibility index (Phi) is 3.30. The number of furan rings is 1. The third-order valence-electron chi connectivity index (χ3n) is 3.41. The van der Waals surface area contributed by atoms with Crippen LogP contribution in [0, 0.1) is 6.92 Å². The van der Waals surface area contributed by atoms with Crippen LogP contribution in [-0.4, -0.2) is 30.6 Å². The summed E-state index contributed by atoms with van der Waals surface area (Å²) in [5.74, 6) is 1.52. The number of nitrogens with zero attached hydrogens (tertiary/aromatic N) is 5. The summed E-state index contributed by atoms with van der Waals surface area (Å²) >= 11 is 0. The van der Waals surface area contributed by atoms with Gasteiger partial charge in [-0.1, -0.05) is 5.16 Å². The van der Waals surface area contributed by atoms with Crippen LogP contribution >= 0.6 is 0 Å². The lowest BCUT2D eigenvalue weighted by Crippen LogP contribution is -2.23. The van der Waals surface area contributed by atoms with Gasteiger partial charge in [0.15, 0.2) is 23.1 Å². The Labute approximate surface area is 135 Å². The summed E-state index contributed by atoms with van der Waals surface area (Å²) in [6, 6.07) is 6.86. The van der Waals surface area contributed by atoms with Gasteiger partial charge in [0.1, 0.15) is 0 Å². The van der Waals surface area contributed by atoms with E-state index in [4.69, 9.17) is 8.94 Å². The number of carbonyl (C=O) groups excluding carboxylic acids is 1. The van der Waals surface area contributed by atoms with Gasteiger partial charge in [-0.25, -0.2) is 0 Å². The smallest absolute Gasteiger partial charge is 0.287 e. The maximum Gasteiger partial charge on any atom is 0.287 e. The molecule has 4 aromatic rings. The number of fused-ring (bicyclic) bond motifs is 1. The summed E-state index contributed by atoms with van der Waals surface area (Å²) in [5.41, 5.74) is 1.37. The zero-order valence-corrected chi connectivity index (χ0v) is 12.6. The number of aryl methyl sites for hydroxylation is 1. The molecule has 24 heavy (non-hydrogen) atoms. The van der Waals surface area contributed by atoms with Crippen molar-refractivity contribution in [2.75, 3.05) is 0 Å². The number of hydrogen-bond acceptors (Lipinski definition) is 7. The Balaban J connectivity index is 1.56. The summed E-state index contributed by atoms with van der Waals surface area (Å²) < 4.78 is 12.0. The molecule has 0 aliphatic heterocycles. The summed E-state index contributed by atoms with van der Waals surface area (Å²) in [6.45, 7) is 1.97. The third-order valence-corrected chi connectivity index (χ3v) is 3.41. The first-order valence-corrected chi connectivity index (χ1v) is 7.17. The molecule has 4 rings (SSSR count). The van der Waals surface area contributed by atoms with Crippen LogP contribution in [0.3, 0.4) is 0 Å². The molecule has 0 atom stereocenters. The van der Waals surface area contributed by atoms with Crippen LogP contribution in [0.1, 0.15) is 22.2 Å². The van der Waals surface area contributed by atoms with Crippen molar-refractivity contribution in [1.82, 2.24) is 30.1 Å². The van der Waals surface area contributed by atoms with Gasteiger partial charge in [-0.05, 0) is 31.2 Å². The average molecular weight is 324 g/mol. The van der Waals surface area contributed by atoms with Crippen LogP contribution in [0.5, 0.6) is 0 Å². The van der Waals surface area contributed by atoms with Crippen molar-refractivity contribution < 1.29 is 13.7 Å². The molecule has 9 nitrogen and oxygen atoms in total. The van der Waals surface area contributed by atoms with Gasteiger partial charge in [0.2, 0.25) is 0 Å². The van der Waals surface area contributed by atoms with E-state index in [0.717, 1.165) is 5.56 Å². The zero-order chi connectivity index (χ0) is 16.5. The average Bonchev–Trinajstić information content (AvgIpc) is 3.33. The lowest BCUT2D eigenvalue weighted by molar-refractivity contribution is 0.0922. The van der Waals surface area contributed by atoms with Gasteiger partial charge in [-0.2, -0.15) is 4.98 Å². The minimum atomic E-state index is -0.310. The molecule has 4 heterocycles. The van der Waals surface area contributed by atoms with Crippen molar-refractivity contribution in [3.8, 4) is 11.5 Å². The molecule has 0 saturated heterocycles. The van der Waals surface area contributed by atoms with Gasteiger partial charge in [0, 0.05) is 11.8 Å². The van der Waals surface area contributed by atoms with Crippen molar-refractivity contribution in [3.63, 3.8) is 0 Å². The van der Waals surface area contributed by atoms with Crippen molar-refractivity contribution in [3.05, 3.63) is 54.1 Å². The fourth-order valence-electron chi connectivity index (χ4n) is 2.26. The summed E-state index contributed by atoms with van der Waals surface area (Å²) in [4.78, 5) is 16.1. The predicted molar refractivity (Wildman–Crippen MR) is 80.9 cm³/mol. The summed E-state index contributed by atoms with van der Waals surface area (Å²) in [5, 5.41) is 14.7. The van der Waals surface area contributed by atoms with E-state index in [1.54, 1.807) is 35.7 Å². The minimum absolute atomic E-state index is 0.222. The second kappa shape index (κ2) is 5.61. The predicted octanol–water partition coefficient (Wildman–Crippen LogP) is 1.61. The molecule has 0 aliphatic rings. The first-order chi connectivity index (χ1) is 11.7. The molecular formula is C15H12N6O3. The van der Waals surface area contributed by atoms with E-state index in [2.05, 4.69) is 25.7 Å². The molecule has 0 aliphatic carbocycles.